The Morgan fingerprint density at radius 2 is 1.95 bits per heavy atom. The summed E-state index contributed by atoms with van der Waals surface area (Å²) in [5.74, 6) is 0.209. The molecule has 0 saturated carbocycles. The minimum absolute atomic E-state index is 0.209. The highest BCUT2D eigenvalue weighted by Gasteiger charge is 2.34. The third-order valence-electron chi connectivity index (χ3n) is 4.66. The Morgan fingerprint density at radius 3 is 2.79 bits per heavy atom. The van der Waals surface area contributed by atoms with Gasteiger partial charge in [0.05, 0.1) is 6.61 Å². The van der Waals surface area contributed by atoms with Gasteiger partial charge >= 0.3 is 0 Å². The number of amides is 1. The van der Waals surface area contributed by atoms with Crippen LogP contribution in [0.3, 0.4) is 0 Å². The van der Waals surface area contributed by atoms with E-state index in [1.807, 2.05) is 0 Å². The van der Waals surface area contributed by atoms with Crippen LogP contribution in [0.2, 0.25) is 0 Å². The van der Waals surface area contributed by atoms with Gasteiger partial charge in [-0.3, -0.25) is 9.69 Å². The highest BCUT2D eigenvalue weighted by atomic mass is 16.5. The maximum atomic E-state index is 12.6. The van der Waals surface area contributed by atoms with E-state index in [0.29, 0.717) is 12.6 Å². The van der Waals surface area contributed by atoms with Crippen LogP contribution in [-0.4, -0.2) is 85.7 Å². The van der Waals surface area contributed by atoms with E-state index in [0.717, 1.165) is 39.1 Å². The summed E-state index contributed by atoms with van der Waals surface area (Å²) in [7, 11) is 2.06. The Morgan fingerprint density at radius 1 is 1.11 bits per heavy atom. The summed E-state index contributed by atoms with van der Waals surface area (Å²) in [5, 5.41) is 0. The Hall–Kier alpha value is -0.650. The molecule has 19 heavy (non-hydrogen) atoms. The number of carbonyl (C=O) groups excluding carboxylic acids is 1. The molecule has 2 atom stereocenters. The molecule has 0 spiro atoms. The van der Waals surface area contributed by atoms with E-state index in [-0.39, 0.29) is 12.0 Å². The van der Waals surface area contributed by atoms with E-state index in [9.17, 15) is 4.79 Å². The molecule has 5 heteroatoms. The van der Waals surface area contributed by atoms with Gasteiger partial charge < -0.3 is 14.5 Å². The highest BCUT2D eigenvalue weighted by Crippen LogP contribution is 2.22. The standard InChI is InChI=1S/C14H25N3O2/c1-15-8-9-19-13(11-15)14(18)17-7-3-6-16-5-2-4-12(16)10-17/h12-13H,2-11H2,1H3/t12-,13+/m0/s1. The zero-order valence-electron chi connectivity index (χ0n) is 11.9. The number of rotatable bonds is 1. The molecule has 3 saturated heterocycles. The van der Waals surface area contributed by atoms with Gasteiger partial charge in [0.25, 0.3) is 5.91 Å². The SMILES string of the molecule is CN1CCO[C@@H](C(=O)N2CCCN3CCC[C@H]3C2)C1. The zero-order chi connectivity index (χ0) is 13.2. The second kappa shape index (κ2) is 5.77. The van der Waals surface area contributed by atoms with Crippen molar-refractivity contribution in [2.24, 2.45) is 0 Å². The van der Waals surface area contributed by atoms with Gasteiger partial charge in [-0.25, -0.2) is 0 Å². The van der Waals surface area contributed by atoms with Crippen molar-refractivity contribution < 1.29 is 9.53 Å². The van der Waals surface area contributed by atoms with Gasteiger partial charge in [0.2, 0.25) is 0 Å². The minimum atomic E-state index is -0.244. The molecular weight excluding hydrogens is 242 g/mol. The molecule has 3 rings (SSSR count). The number of hydrogen-bond acceptors (Lipinski definition) is 4. The number of ether oxygens (including phenoxy) is 1. The summed E-state index contributed by atoms with van der Waals surface area (Å²) in [6.07, 6.45) is 3.39. The molecule has 108 valence electrons. The van der Waals surface area contributed by atoms with Crippen LogP contribution in [0.25, 0.3) is 0 Å². The normalized spacial score (nSPS) is 34.1. The summed E-state index contributed by atoms with van der Waals surface area (Å²) in [5.41, 5.74) is 0. The van der Waals surface area contributed by atoms with Crippen molar-refractivity contribution in [1.29, 1.82) is 0 Å². The maximum absolute atomic E-state index is 12.6. The van der Waals surface area contributed by atoms with E-state index in [2.05, 4.69) is 21.7 Å². The first-order valence-corrected chi connectivity index (χ1v) is 7.57. The Labute approximate surface area is 115 Å². The minimum Gasteiger partial charge on any atom is -0.366 e. The average molecular weight is 267 g/mol. The third-order valence-corrected chi connectivity index (χ3v) is 4.66. The van der Waals surface area contributed by atoms with Crippen LogP contribution in [0.5, 0.6) is 0 Å². The smallest absolute Gasteiger partial charge is 0.253 e. The predicted molar refractivity (Wildman–Crippen MR) is 73.0 cm³/mol. The number of nitrogens with zero attached hydrogens (tertiary/aromatic N) is 3. The number of hydrogen-bond donors (Lipinski definition) is 0. The maximum Gasteiger partial charge on any atom is 0.253 e. The monoisotopic (exact) mass is 267 g/mol. The number of fused-ring (bicyclic) bond motifs is 1. The molecule has 0 aromatic rings. The average Bonchev–Trinajstić information content (AvgIpc) is 2.75. The van der Waals surface area contributed by atoms with Crippen molar-refractivity contribution in [3.8, 4) is 0 Å². The number of morpholine rings is 1. The molecule has 0 aromatic carbocycles. The molecule has 3 heterocycles. The molecule has 0 N–H and O–H groups in total. The fraction of sp³-hybridized carbons (Fsp3) is 0.929. The molecule has 1 amide bonds. The molecule has 3 fully saturated rings. The molecule has 0 aliphatic carbocycles. The highest BCUT2D eigenvalue weighted by molar-refractivity contribution is 5.81. The van der Waals surface area contributed by atoms with Crippen molar-refractivity contribution in [2.75, 3.05) is 52.9 Å². The first-order valence-electron chi connectivity index (χ1n) is 7.57. The van der Waals surface area contributed by atoms with Crippen molar-refractivity contribution in [3.05, 3.63) is 0 Å². The molecule has 5 nitrogen and oxygen atoms in total. The van der Waals surface area contributed by atoms with Crippen LogP contribution in [0, 0.1) is 0 Å². The predicted octanol–water partition coefficient (Wildman–Crippen LogP) is 0.0137. The van der Waals surface area contributed by atoms with Crippen LogP contribution in [0.1, 0.15) is 19.3 Å². The van der Waals surface area contributed by atoms with Crippen LogP contribution < -0.4 is 0 Å². The second-order valence-corrected chi connectivity index (χ2v) is 6.09. The van der Waals surface area contributed by atoms with Gasteiger partial charge in [-0.05, 0) is 32.9 Å². The fourth-order valence-electron chi connectivity index (χ4n) is 3.54. The molecule has 0 unspecified atom stereocenters. The van der Waals surface area contributed by atoms with E-state index in [4.69, 9.17) is 4.74 Å². The van der Waals surface area contributed by atoms with Gasteiger partial charge in [0.1, 0.15) is 6.10 Å². The van der Waals surface area contributed by atoms with Crippen LogP contribution >= 0.6 is 0 Å². The molecule has 0 radical (unpaired) electrons. The van der Waals surface area contributed by atoms with Crippen molar-refractivity contribution in [2.45, 2.75) is 31.4 Å². The topological polar surface area (TPSA) is 36.0 Å². The van der Waals surface area contributed by atoms with E-state index in [1.165, 1.54) is 19.4 Å². The van der Waals surface area contributed by atoms with Crippen molar-refractivity contribution in [1.82, 2.24) is 14.7 Å². The van der Waals surface area contributed by atoms with E-state index >= 15 is 0 Å². The lowest BCUT2D eigenvalue weighted by Gasteiger charge is -2.33. The van der Waals surface area contributed by atoms with Crippen LogP contribution in [-0.2, 0) is 9.53 Å². The molecule has 3 aliphatic rings. The summed E-state index contributed by atoms with van der Waals surface area (Å²) in [6.45, 7) is 6.52. The van der Waals surface area contributed by atoms with Gasteiger partial charge in [-0.15, -0.1) is 0 Å². The van der Waals surface area contributed by atoms with E-state index < -0.39 is 0 Å². The number of carbonyl (C=O) groups is 1. The van der Waals surface area contributed by atoms with Crippen molar-refractivity contribution in [3.63, 3.8) is 0 Å². The Balaban J connectivity index is 1.62. The first kappa shape index (κ1) is 13.3. The zero-order valence-corrected chi connectivity index (χ0v) is 11.9. The summed E-state index contributed by atoms with van der Waals surface area (Å²) >= 11 is 0. The lowest BCUT2D eigenvalue weighted by molar-refractivity contribution is -0.149. The lowest BCUT2D eigenvalue weighted by Crippen LogP contribution is -2.51. The van der Waals surface area contributed by atoms with E-state index in [1.54, 1.807) is 0 Å². The number of likely N-dealkylation sites (N-methyl/N-ethyl adjacent to an activating group) is 1. The Bertz CT molecular complexity index is 337. The largest absolute Gasteiger partial charge is 0.366 e. The lowest BCUT2D eigenvalue weighted by atomic mass is 10.2. The van der Waals surface area contributed by atoms with Gasteiger partial charge in [0.15, 0.2) is 0 Å². The summed E-state index contributed by atoms with van der Waals surface area (Å²) in [4.78, 5) is 19.4. The van der Waals surface area contributed by atoms with Crippen molar-refractivity contribution >= 4 is 5.91 Å². The molecule has 0 aromatic heterocycles. The van der Waals surface area contributed by atoms with Gasteiger partial charge in [-0.2, -0.15) is 0 Å². The Kier molecular flexibility index (Phi) is 4.05. The quantitative estimate of drug-likeness (QED) is 0.671. The summed E-state index contributed by atoms with van der Waals surface area (Å²) in [6, 6.07) is 0.591. The van der Waals surface area contributed by atoms with Gasteiger partial charge in [-0.1, -0.05) is 0 Å². The van der Waals surface area contributed by atoms with Crippen LogP contribution in [0.4, 0.5) is 0 Å². The molecule has 0 bridgehead atoms. The van der Waals surface area contributed by atoms with Crippen LogP contribution in [0.15, 0.2) is 0 Å². The third kappa shape index (κ3) is 2.93. The summed E-state index contributed by atoms with van der Waals surface area (Å²) < 4.78 is 5.67. The second-order valence-electron chi connectivity index (χ2n) is 6.09. The van der Waals surface area contributed by atoms with Gasteiger partial charge in [0, 0.05) is 38.8 Å². The first-order chi connectivity index (χ1) is 9.24. The molecular formula is C14H25N3O2. The molecule has 3 aliphatic heterocycles. The fourth-order valence-corrected chi connectivity index (χ4v) is 3.54.